The highest BCUT2D eigenvalue weighted by Crippen LogP contribution is 2.32. The lowest BCUT2D eigenvalue weighted by Crippen LogP contribution is -2.39. The second-order valence-corrected chi connectivity index (χ2v) is 5.17. The Balaban J connectivity index is 2.26. The highest BCUT2D eigenvalue weighted by Gasteiger charge is 2.36. The minimum Gasteiger partial charge on any atom is -0.319 e. The van der Waals surface area contributed by atoms with E-state index in [2.05, 4.69) is 5.32 Å². The van der Waals surface area contributed by atoms with Gasteiger partial charge in [-0.2, -0.15) is 13.2 Å². The smallest absolute Gasteiger partial charge is 0.319 e. The molecule has 1 aliphatic rings. The van der Waals surface area contributed by atoms with Crippen LogP contribution in [0.4, 0.5) is 13.2 Å². The molecular weight excluding hydrogens is 281 g/mol. The van der Waals surface area contributed by atoms with E-state index in [-0.39, 0.29) is 24.7 Å². The first-order valence-corrected chi connectivity index (χ1v) is 7.10. The number of alkyl halides is 3. The van der Waals surface area contributed by atoms with E-state index < -0.39 is 11.7 Å². The largest absolute Gasteiger partial charge is 0.416 e. The third-order valence-corrected chi connectivity index (χ3v) is 3.90. The lowest BCUT2D eigenvalue weighted by atomic mass is 10.1. The maximum Gasteiger partial charge on any atom is 0.416 e. The van der Waals surface area contributed by atoms with Crippen LogP contribution in [-0.2, 0) is 11.0 Å². The average molecular weight is 300 g/mol. The Morgan fingerprint density at radius 3 is 2.29 bits per heavy atom. The van der Waals surface area contributed by atoms with Gasteiger partial charge in [0.05, 0.1) is 12.1 Å². The fraction of sp³-hybridized carbons (Fsp3) is 0.533. The van der Waals surface area contributed by atoms with Gasteiger partial charge in [0, 0.05) is 6.04 Å². The quantitative estimate of drug-likeness (QED) is 0.925. The van der Waals surface area contributed by atoms with Crippen LogP contribution in [0.5, 0.6) is 0 Å². The first-order valence-electron chi connectivity index (χ1n) is 7.10. The molecule has 1 unspecified atom stereocenters. The van der Waals surface area contributed by atoms with Crippen LogP contribution in [0.25, 0.3) is 0 Å². The molecule has 1 fully saturated rings. The van der Waals surface area contributed by atoms with Crippen molar-refractivity contribution in [3.05, 3.63) is 35.4 Å². The van der Waals surface area contributed by atoms with Gasteiger partial charge in [-0.1, -0.05) is 26.0 Å². The van der Waals surface area contributed by atoms with Crippen molar-refractivity contribution < 1.29 is 18.0 Å². The molecule has 0 radical (unpaired) electrons. The van der Waals surface area contributed by atoms with Crippen LogP contribution < -0.4 is 5.32 Å². The number of hydrogen-bond acceptors (Lipinski definition) is 2. The topological polar surface area (TPSA) is 32.3 Å². The summed E-state index contributed by atoms with van der Waals surface area (Å²) in [6, 6.07) is 5.10. The van der Waals surface area contributed by atoms with Crippen molar-refractivity contribution in [3.63, 3.8) is 0 Å². The molecule has 1 atom stereocenters. The van der Waals surface area contributed by atoms with E-state index in [0.29, 0.717) is 5.56 Å². The SMILES string of the molecule is CCC(CC)N1C(=O)CNC1c1ccc(C(F)(F)F)cc1. The van der Waals surface area contributed by atoms with E-state index in [4.69, 9.17) is 0 Å². The molecule has 116 valence electrons. The minimum atomic E-state index is -4.34. The fourth-order valence-corrected chi connectivity index (χ4v) is 2.75. The average Bonchev–Trinajstić information content (AvgIpc) is 2.82. The van der Waals surface area contributed by atoms with E-state index in [9.17, 15) is 18.0 Å². The molecular formula is C15H19F3N2O. The van der Waals surface area contributed by atoms with Gasteiger partial charge in [-0.3, -0.25) is 10.1 Å². The Morgan fingerprint density at radius 1 is 1.24 bits per heavy atom. The van der Waals surface area contributed by atoms with Gasteiger partial charge >= 0.3 is 6.18 Å². The van der Waals surface area contributed by atoms with Crippen molar-refractivity contribution in [3.8, 4) is 0 Å². The maximum atomic E-state index is 12.6. The highest BCUT2D eigenvalue weighted by atomic mass is 19.4. The molecule has 1 aromatic carbocycles. The summed E-state index contributed by atoms with van der Waals surface area (Å²) in [4.78, 5) is 13.8. The summed E-state index contributed by atoms with van der Waals surface area (Å²) >= 11 is 0. The van der Waals surface area contributed by atoms with Crippen molar-refractivity contribution in [2.45, 2.75) is 45.1 Å². The Kier molecular flexibility index (Phi) is 4.56. The second kappa shape index (κ2) is 6.05. The molecule has 3 nitrogen and oxygen atoms in total. The molecule has 21 heavy (non-hydrogen) atoms. The molecule has 0 spiro atoms. The maximum absolute atomic E-state index is 12.6. The molecule has 6 heteroatoms. The summed E-state index contributed by atoms with van der Waals surface area (Å²) in [6.07, 6.45) is -3.04. The third-order valence-electron chi connectivity index (χ3n) is 3.90. The molecule has 0 aromatic heterocycles. The van der Waals surface area contributed by atoms with Crippen LogP contribution in [0.1, 0.15) is 44.0 Å². The lowest BCUT2D eigenvalue weighted by Gasteiger charge is -2.32. The van der Waals surface area contributed by atoms with Crippen LogP contribution in [0.2, 0.25) is 0 Å². The van der Waals surface area contributed by atoms with Crippen molar-refractivity contribution in [2.24, 2.45) is 0 Å². The summed E-state index contributed by atoms with van der Waals surface area (Å²) in [7, 11) is 0. The molecule has 0 saturated carbocycles. The fourth-order valence-electron chi connectivity index (χ4n) is 2.75. The van der Waals surface area contributed by atoms with E-state index in [1.807, 2.05) is 13.8 Å². The molecule has 2 rings (SSSR count). The van der Waals surface area contributed by atoms with Crippen LogP contribution in [0.15, 0.2) is 24.3 Å². The van der Waals surface area contributed by atoms with Crippen molar-refractivity contribution in [1.29, 1.82) is 0 Å². The van der Waals surface area contributed by atoms with Crippen LogP contribution >= 0.6 is 0 Å². The number of rotatable bonds is 4. The van der Waals surface area contributed by atoms with Gasteiger partial charge in [-0.05, 0) is 30.5 Å². The van der Waals surface area contributed by atoms with Crippen LogP contribution in [0, 0.1) is 0 Å². The highest BCUT2D eigenvalue weighted by molar-refractivity contribution is 5.81. The molecule has 1 heterocycles. The van der Waals surface area contributed by atoms with Gasteiger partial charge in [0.1, 0.15) is 6.17 Å². The van der Waals surface area contributed by atoms with Crippen molar-refractivity contribution in [1.82, 2.24) is 10.2 Å². The van der Waals surface area contributed by atoms with E-state index in [1.165, 1.54) is 12.1 Å². The summed E-state index contributed by atoms with van der Waals surface area (Å²) < 4.78 is 37.8. The standard InChI is InChI=1S/C15H19F3N2O/c1-3-12(4-2)20-13(21)9-19-14(20)10-5-7-11(8-6-10)15(16,17)18/h5-8,12,14,19H,3-4,9H2,1-2H3. The number of amides is 1. The zero-order valence-electron chi connectivity index (χ0n) is 12.1. The third kappa shape index (κ3) is 3.20. The summed E-state index contributed by atoms with van der Waals surface area (Å²) in [5.74, 6) is -0.00593. The minimum absolute atomic E-state index is 0.00593. The first-order chi connectivity index (χ1) is 9.88. The Bertz CT molecular complexity index is 495. The van der Waals surface area contributed by atoms with Crippen molar-refractivity contribution >= 4 is 5.91 Å². The van der Waals surface area contributed by atoms with E-state index in [1.54, 1.807) is 4.90 Å². The normalized spacial score (nSPS) is 19.6. The molecule has 1 aromatic rings. The summed E-state index contributed by atoms with van der Waals surface area (Å²) in [5.41, 5.74) is 0.00501. The monoisotopic (exact) mass is 300 g/mol. The molecule has 1 amide bonds. The number of carbonyl (C=O) groups is 1. The van der Waals surface area contributed by atoms with Gasteiger partial charge in [-0.15, -0.1) is 0 Å². The Labute approximate surface area is 122 Å². The number of nitrogens with one attached hydrogen (secondary N) is 1. The number of carbonyl (C=O) groups excluding carboxylic acids is 1. The number of hydrogen-bond donors (Lipinski definition) is 1. The number of benzene rings is 1. The molecule has 1 aliphatic heterocycles. The van der Waals surface area contributed by atoms with E-state index in [0.717, 1.165) is 25.0 Å². The number of halogens is 3. The molecule has 1 saturated heterocycles. The first kappa shape index (κ1) is 15.8. The van der Waals surface area contributed by atoms with Gasteiger partial charge < -0.3 is 4.90 Å². The van der Waals surface area contributed by atoms with Crippen LogP contribution in [-0.4, -0.2) is 23.4 Å². The van der Waals surface area contributed by atoms with Gasteiger partial charge in [0.15, 0.2) is 0 Å². The van der Waals surface area contributed by atoms with Gasteiger partial charge in [0.25, 0.3) is 0 Å². The zero-order valence-corrected chi connectivity index (χ0v) is 12.1. The predicted molar refractivity (Wildman–Crippen MR) is 73.4 cm³/mol. The molecule has 0 bridgehead atoms. The van der Waals surface area contributed by atoms with Crippen molar-refractivity contribution in [2.75, 3.05) is 6.54 Å². The zero-order chi connectivity index (χ0) is 15.6. The second-order valence-electron chi connectivity index (χ2n) is 5.17. The molecule has 0 aliphatic carbocycles. The van der Waals surface area contributed by atoms with E-state index >= 15 is 0 Å². The Morgan fingerprint density at radius 2 is 1.81 bits per heavy atom. The van der Waals surface area contributed by atoms with Gasteiger partial charge in [0.2, 0.25) is 5.91 Å². The van der Waals surface area contributed by atoms with Gasteiger partial charge in [-0.25, -0.2) is 0 Å². The molecule has 1 N–H and O–H groups in total. The number of nitrogens with zero attached hydrogens (tertiary/aromatic N) is 1. The Hall–Kier alpha value is -1.56. The summed E-state index contributed by atoms with van der Waals surface area (Å²) in [6.45, 7) is 4.23. The predicted octanol–water partition coefficient (Wildman–Crippen LogP) is 3.32. The van der Waals surface area contributed by atoms with Crippen LogP contribution in [0.3, 0.4) is 0 Å². The summed E-state index contributed by atoms with van der Waals surface area (Å²) in [5, 5.41) is 3.08. The lowest BCUT2D eigenvalue weighted by molar-refractivity contribution is -0.137.